The Morgan fingerprint density at radius 2 is 1.73 bits per heavy atom. The molecule has 0 N–H and O–H groups in total. The lowest BCUT2D eigenvalue weighted by Gasteiger charge is -2.32. The van der Waals surface area contributed by atoms with Crippen LogP contribution in [0.3, 0.4) is 0 Å². The molecule has 7 rings (SSSR count). The summed E-state index contributed by atoms with van der Waals surface area (Å²) in [6.45, 7) is 6.02. The highest BCUT2D eigenvalue weighted by molar-refractivity contribution is 7.16. The van der Waals surface area contributed by atoms with Gasteiger partial charge in [-0.1, -0.05) is 59.6 Å². The number of hydrogen-bond acceptors (Lipinski definition) is 6. The van der Waals surface area contributed by atoms with Crippen LogP contribution in [0, 0.1) is 20.8 Å². The summed E-state index contributed by atoms with van der Waals surface area (Å²) < 4.78 is 6.11. The predicted octanol–water partition coefficient (Wildman–Crippen LogP) is 6.28. The summed E-state index contributed by atoms with van der Waals surface area (Å²) in [5.41, 5.74) is 1.86. The van der Waals surface area contributed by atoms with E-state index in [1.807, 2.05) is 63.2 Å². The molecule has 1 spiro atoms. The summed E-state index contributed by atoms with van der Waals surface area (Å²) in [5.74, 6) is -1.16. The maximum atomic E-state index is 14.9. The number of amides is 2. The summed E-state index contributed by atoms with van der Waals surface area (Å²) in [6.07, 6.45) is 0. The molecule has 2 amide bonds. The van der Waals surface area contributed by atoms with Gasteiger partial charge >= 0.3 is 0 Å². The van der Waals surface area contributed by atoms with E-state index in [1.165, 1.54) is 22.3 Å². The fourth-order valence-electron chi connectivity index (χ4n) is 5.72. The molecule has 40 heavy (non-hydrogen) atoms. The Labute approximate surface area is 238 Å². The van der Waals surface area contributed by atoms with Crippen LogP contribution in [0.1, 0.15) is 43.4 Å². The lowest BCUT2D eigenvalue weighted by atomic mass is 9.84. The van der Waals surface area contributed by atoms with Crippen molar-refractivity contribution in [1.29, 1.82) is 0 Å². The van der Waals surface area contributed by atoms with E-state index in [9.17, 15) is 14.4 Å². The molecule has 1 unspecified atom stereocenters. The number of carbonyl (C=O) groups is 2. The molecule has 5 aromatic rings. The fraction of sp³-hybridized carbons (Fsp3) is 0.161. The largest absolute Gasteiger partial charge is 0.450 e. The normalized spacial score (nSPS) is 17.8. The van der Waals surface area contributed by atoms with Crippen molar-refractivity contribution in [2.45, 2.75) is 32.9 Å². The number of fused-ring (bicyclic) bond motifs is 5. The molecule has 0 radical (unpaired) electrons. The van der Waals surface area contributed by atoms with Gasteiger partial charge in [0, 0.05) is 15.5 Å². The maximum Gasteiger partial charge on any atom is 0.297 e. The Morgan fingerprint density at radius 3 is 2.45 bits per heavy atom. The molecule has 1 atom stereocenters. The van der Waals surface area contributed by atoms with Crippen LogP contribution in [0.2, 0.25) is 5.02 Å². The van der Waals surface area contributed by atoms with Gasteiger partial charge in [-0.25, -0.2) is 4.98 Å². The molecular weight excluding hydrogens is 546 g/mol. The van der Waals surface area contributed by atoms with Crippen molar-refractivity contribution in [1.82, 2.24) is 4.98 Å². The molecule has 0 aliphatic carbocycles. The number of aromatic nitrogens is 1. The van der Waals surface area contributed by atoms with Crippen molar-refractivity contribution >= 4 is 56.5 Å². The smallest absolute Gasteiger partial charge is 0.297 e. The number of anilines is 2. The van der Waals surface area contributed by atoms with E-state index in [0.29, 0.717) is 21.4 Å². The third-order valence-corrected chi connectivity index (χ3v) is 9.05. The molecule has 4 heterocycles. The second-order valence-electron chi connectivity index (χ2n) is 10.2. The monoisotopic (exact) mass is 567 g/mol. The zero-order valence-electron chi connectivity index (χ0n) is 21.8. The van der Waals surface area contributed by atoms with Crippen LogP contribution in [-0.2, 0) is 16.9 Å². The molecule has 7 nitrogen and oxygen atoms in total. The molecule has 0 bridgehead atoms. The van der Waals surface area contributed by atoms with Crippen molar-refractivity contribution in [2.75, 3.05) is 9.80 Å². The number of thiazole rings is 1. The van der Waals surface area contributed by atoms with Crippen LogP contribution in [0.25, 0.3) is 11.0 Å². The van der Waals surface area contributed by atoms with Crippen molar-refractivity contribution < 1.29 is 14.0 Å². The molecule has 198 valence electrons. The van der Waals surface area contributed by atoms with Gasteiger partial charge in [0.15, 0.2) is 16.1 Å². The van der Waals surface area contributed by atoms with Gasteiger partial charge in [-0.05, 0) is 50.6 Å². The van der Waals surface area contributed by atoms with Crippen LogP contribution in [0.4, 0.5) is 10.8 Å². The lowest BCUT2D eigenvalue weighted by Crippen LogP contribution is -2.53. The standard InChI is InChI=1S/C31H22ClN3O4S/c1-16-8-10-19(11-9-16)15-34-23-7-5-4-6-22(23)31(29(34)38)25-26(36)21-14-20(32)12-13-24(21)39-27(25)28(37)35(31)30-33-17(2)18(3)40-30/h4-14H,15H2,1-3H3. The van der Waals surface area contributed by atoms with E-state index in [0.717, 1.165) is 21.7 Å². The first kappa shape index (κ1) is 24.7. The minimum Gasteiger partial charge on any atom is -0.450 e. The summed E-state index contributed by atoms with van der Waals surface area (Å²) in [7, 11) is 0. The zero-order chi connectivity index (χ0) is 27.9. The molecular formula is C31H22ClN3O4S. The van der Waals surface area contributed by atoms with Crippen molar-refractivity contribution in [3.63, 3.8) is 0 Å². The molecule has 2 aliphatic rings. The number of halogens is 1. The molecule has 3 aromatic carbocycles. The first-order valence-corrected chi connectivity index (χ1v) is 13.9. The number of aryl methyl sites for hydroxylation is 3. The van der Waals surface area contributed by atoms with E-state index in [2.05, 4.69) is 4.98 Å². The van der Waals surface area contributed by atoms with Crippen molar-refractivity contribution in [3.8, 4) is 0 Å². The van der Waals surface area contributed by atoms with Crippen LogP contribution in [-0.4, -0.2) is 16.8 Å². The molecule has 2 aliphatic heterocycles. The second-order valence-corrected chi connectivity index (χ2v) is 11.8. The minimum absolute atomic E-state index is 0.0124. The van der Waals surface area contributed by atoms with Gasteiger partial charge < -0.3 is 9.32 Å². The lowest BCUT2D eigenvalue weighted by molar-refractivity contribution is -0.121. The number of para-hydroxylation sites is 1. The van der Waals surface area contributed by atoms with Gasteiger partial charge in [-0.15, -0.1) is 11.3 Å². The number of hydrogen-bond donors (Lipinski definition) is 0. The quantitative estimate of drug-likeness (QED) is 0.256. The van der Waals surface area contributed by atoms with Gasteiger partial charge in [0.25, 0.3) is 11.8 Å². The first-order valence-electron chi connectivity index (χ1n) is 12.7. The third-order valence-electron chi connectivity index (χ3n) is 7.76. The summed E-state index contributed by atoms with van der Waals surface area (Å²) in [5, 5.41) is 0.877. The average molecular weight is 568 g/mol. The molecule has 0 fully saturated rings. The molecule has 2 aromatic heterocycles. The Balaban J connectivity index is 1.56. The molecule has 0 saturated carbocycles. The minimum atomic E-state index is -1.79. The highest BCUT2D eigenvalue weighted by Gasteiger charge is 2.66. The van der Waals surface area contributed by atoms with Crippen LogP contribution < -0.4 is 15.2 Å². The topological polar surface area (TPSA) is 83.7 Å². The highest BCUT2D eigenvalue weighted by atomic mass is 35.5. The molecule has 0 saturated heterocycles. The van der Waals surface area contributed by atoms with Gasteiger partial charge in [-0.3, -0.25) is 19.3 Å². The zero-order valence-corrected chi connectivity index (χ0v) is 23.4. The predicted molar refractivity (Wildman–Crippen MR) is 155 cm³/mol. The fourth-order valence-corrected chi connectivity index (χ4v) is 6.85. The van der Waals surface area contributed by atoms with Crippen molar-refractivity contribution in [2.24, 2.45) is 0 Å². The van der Waals surface area contributed by atoms with E-state index >= 15 is 0 Å². The Bertz CT molecular complexity index is 1940. The summed E-state index contributed by atoms with van der Waals surface area (Å²) in [6, 6.07) is 19.9. The number of benzene rings is 3. The Morgan fingerprint density at radius 1 is 0.975 bits per heavy atom. The highest BCUT2D eigenvalue weighted by Crippen LogP contribution is 2.55. The van der Waals surface area contributed by atoms with Gasteiger partial charge in [0.1, 0.15) is 5.58 Å². The van der Waals surface area contributed by atoms with Gasteiger partial charge in [-0.2, -0.15) is 0 Å². The second kappa shape index (κ2) is 8.61. The average Bonchev–Trinajstić information content (AvgIpc) is 3.49. The van der Waals surface area contributed by atoms with Crippen LogP contribution in [0.5, 0.6) is 0 Å². The van der Waals surface area contributed by atoms with Crippen molar-refractivity contribution in [3.05, 3.63) is 121 Å². The van der Waals surface area contributed by atoms with Crippen LogP contribution >= 0.6 is 22.9 Å². The Hall–Kier alpha value is -4.27. The van der Waals surface area contributed by atoms with Gasteiger partial charge in [0.05, 0.1) is 28.9 Å². The number of nitrogens with zero attached hydrogens (tertiary/aromatic N) is 3. The van der Waals surface area contributed by atoms with Gasteiger partial charge in [0.2, 0.25) is 5.76 Å². The number of carbonyl (C=O) groups excluding carboxylic acids is 2. The van der Waals surface area contributed by atoms with E-state index in [4.69, 9.17) is 16.0 Å². The molecule has 9 heteroatoms. The number of rotatable bonds is 3. The third kappa shape index (κ3) is 3.23. The summed E-state index contributed by atoms with van der Waals surface area (Å²) >= 11 is 7.56. The van der Waals surface area contributed by atoms with E-state index in [-0.39, 0.29) is 28.8 Å². The Kier molecular flexibility index (Phi) is 5.33. The van der Waals surface area contributed by atoms with E-state index < -0.39 is 22.8 Å². The maximum absolute atomic E-state index is 14.9. The summed E-state index contributed by atoms with van der Waals surface area (Å²) in [4.78, 5) is 52.0. The SMILES string of the molecule is Cc1ccc(CN2C(=O)C3(c4ccccc42)c2c(oc4ccc(Cl)cc4c2=O)C(=O)N3c2nc(C)c(C)s2)cc1. The first-order chi connectivity index (χ1) is 19.2. The van der Waals surface area contributed by atoms with Crippen LogP contribution in [0.15, 0.2) is 75.9 Å². The van der Waals surface area contributed by atoms with E-state index in [1.54, 1.807) is 23.1 Å².